The van der Waals surface area contributed by atoms with E-state index in [2.05, 4.69) is 78.9 Å². The van der Waals surface area contributed by atoms with E-state index in [1.807, 2.05) is 0 Å². The molecule has 0 heterocycles. The molecule has 1 fully saturated rings. The normalized spacial score (nSPS) is 25.8. The van der Waals surface area contributed by atoms with Gasteiger partial charge in [-0.05, 0) is 0 Å². The molecule has 0 aliphatic heterocycles. The van der Waals surface area contributed by atoms with Crippen molar-refractivity contribution in [3.63, 3.8) is 0 Å². The van der Waals surface area contributed by atoms with Gasteiger partial charge in [0.05, 0.1) is 0 Å². The zero-order chi connectivity index (χ0) is 16.7. The predicted octanol–water partition coefficient (Wildman–Crippen LogP) is 6.53. The van der Waals surface area contributed by atoms with Crippen molar-refractivity contribution in [1.29, 1.82) is 0 Å². The van der Waals surface area contributed by atoms with E-state index in [4.69, 9.17) is 0 Å². The molecule has 0 N–H and O–H groups in total. The summed E-state index contributed by atoms with van der Waals surface area (Å²) in [5, 5.41) is 0. The average molecular weight is 502 g/mol. The molecular formula is C17H37Cl2NSi3Zr. The number of fused-ring (bicyclic) bond motifs is 1. The molecule has 2 aliphatic rings. The Morgan fingerprint density at radius 2 is 1.38 bits per heavy atom. The van der Waals surface area contributed by atoms with Gasteiger partial charge in [-0.3, -0.25) is 0 Å². The SMILES string of the molecule is C[Si](C)=[Zr]([CH]1CCC2C=CC=CC21)[N]([Si](C)(C)C)[Si](C)(C)C.Cl.Cl. The van der Waals surface area contributed by atoms with Gasteiger partial charge in [-0.2, -0.15) is 0 Å². The van der Waals surface area contributed by atoms with Gasteiger partial charge in [-0.1, -0.05) is 0 Å². The number of hydrogen-bond acceptors (Lipinski definition) is 1. The topological polar surface area (TPSA) is 3.24 Å². The summed E-state index contributed by atoms with van der Waals surface area (Å²) >= 11 is -1.56. The Morgan fingerprint density at radius 1 is 0.875 bits per heavy atom. The molecule has 0 aromatic heterocycles. The van der Waals surface area contributed by atoms with E-state index in [9.17, 15) is 0 Å². The minimum Gasteiger partial charge on any atom is -0.147 e. The number of rotatable bonds is 4. The Hall–Kier alpha value is 1.55. The Kier molecular flexibility index (Phi) is 10.3. The number of nitrogens with zero attached hydrogens (tertiary/aromatic N) is 1. The minimum absolute atomic E-state index is 0. The van der Waals surface area contributed by atoms with Crippen LogP contribution in [0.4, 0.5) is 0 Å². The Balaban J connectivity index is 0.00000264. The largest absolute Gasteiger partial charge is 0.147 e. The van der Waals surface area contributed by atoms with Crippen LogP contribution in [0.15, 0.2) is 24.3 Å². The molecule has 0 amide bonds. The van der Waals surface area contributed by atoms with Crippen LogP contribution in [-0.2, 0) is 20.7 Å². The van der Waals surface area contributed by atoms with Crippen LogP contribution in [0.1, 0.15) is 12.8 Å². The van der Waals surface area contributed by atoms with Crippen LogP contribution in [0.25, 0.3) is 0 Å². The molecule has 0 aromatic rings. The van der Waals surface area contributed by atoms with E-state index in [1.54, 1.807) is 0 Å². The summed E-state index contributed by atoms with van der Waals surface area (Å²) in [6.07, 6.45) is 12.7. The Morgan fingerprint density at radius 3 is 1.83 bits per heavy atom. The van der Waals surface area contributed by atoms with Crippen LogP contribution < -0.4 is 0 Å². The van der Waals surface area contributed by atoms with E-state index < -0.39 is 37.1 Å². The van der Waals surface area contributed by atoms with E-state index in [1.165, 1.54) is 12.8 Å². The molecule has 1 nitrogen and oxygen atoms in total. The van der Waals surface area contributed by atoms with E-state index in [0.29, 0.717) is 0 Å². The third-order valence-electron chi connectivity index (χ3n) is 5.02. The zero-order valence-corrected chi connectivity index (χ0v) is 23.8. The summed E-state index contributed by atoms with van der Waals surface area (Å²) in [7, 11) is -2.41. The molecule has 2 rings (SSSR count). The number of halogens is 2. The zero-order valence-electron chi connectivity index (χ0n) is 16.7. The summed E-state index contributed by atoms with van der Waals surface area (Å²) in [5.41, 5.74) is -0.135. The maximum atomic E-state index is 3.33. The van der Waals surface area contributed by atoms with Gasteiger partial charge in [-0.15, -0.1) is 24.8 Å². The molecule has 2 aliphatic carbocycles. The van der Waals surface area contributed by atoms with Crippen molar-refractivity contribution < 1.29 is 20.7 Å². The van der Waals surface area contributed by atoms with Crippen molar-refractivity contribution in [2.45, 2.75) is 68.8 Å². The molecule has 7 heteroatoms. The smallest absolute Gasteiger partial charge is 0.147 e. The first-order chi connectivity index (χ1) is 10.0. The summed E-state index contributed by atoms with van der Waals surface area (Å²) in [4.78, 5) is 0. The first-order valence-electron chi connectivity index (χ1n) is 8.86. The summed E-state index contributed by atoms with van der Waals surface area (Å²) in [6.45, 7) is 21.1. The predicted molar refractivity (Wildman–Crippen MR) is 119 cm³/mol. The molecule has 3 atom stereocenters. The second-order valence-electron chi connectivity index (χ2n) is 9.26. The average Bonchev–Trinajstić information content (AvgIpc) is 2.76. The number of hydrogen-bond donors (Lipinski definition) is 0. The van der Waals surface area contributed by atoms with Crippen molar-refractivity contribution in [3.8, 4) is 0 Å². The first kappa shape index (κ1) is 25.6. The molecule has 0 aromatic carbocycles. The fraction of sp³-hybridized carbons (Fsp3) is 0.765. The van der Waals surface area contributed by atoms with Crippen LogP contribution in [0.3, 0.4) is 0 Å². The van der Waals surface area contributed by atoms with Gasteiger partial charge in [0.1, 0.15) is 0 Å². The van der Waals surface area contributed by atoms with E-state index >= 15 is 0 Å². The molecule has 0 radical (unpaired) electrons. The van der Waals surface area contributed by atoms with Crippen LogP contribution in [0, 0.1) is 11.8 Å². The first-order valence-corrected chi connectivity index (χ1v) is 24.5. The standard InChI is InChI=1S/C9H11.C6H18NSi2.C2H6Si.2ClH.Zr/c1-2-5-9-7-3-6-8(9)4-1;1-8(2,3)7-9(4,5)6;1-3-2;;;/h1-2,4-6,8-9H,3,7H2;1-6H3;1-2H3;2*1H;/q;-1;;;;+1. The van der Waals surface area contributed by atoms with Crippen molar-refractivity contribution in [2.24, 2.45) is 11.8 Å². The van der Waals surface area contributed by atoms with Crippen molar-refractivity contribution in [2.75, 3.05) is 0 Å². The van der Waals surface area contributed by atoms with Crippen LogP contribution in [0.5, 0.6) is 0 Å². The monoisotopic (exact) mass is 499 g/mol. The molecule has 1 saturated carbocycles. The molecule has 140 valence electrons. The molecule has 24 heavy (non-hydrogen) atoms. The van der Waals surface area contributed by atoms with Crippen LogP contribution >= 0.6 is 24.8 Å². The van der Waals surface area contributed by atoms with Gasteiger partial charge in [0, 0.05) is 0 Å². The summed E-state index contributed by atoms with van der Waals surface area (Å²) in [6, 6.07) is 0. The fourth-order valence-corrected chi connectivity index (χ4v) is 62.3. The Bertz CT molecular complexity index is 503. The summed E-state index contributed by atoms with van der Waals surface area (Å²) in [5.74, 6) is 1.77. The van der Waals surface area contributed by atoms with Gasteiger partial charge in [0.25, 0.3) is 0 Å². The third-order valence-corrected chi connectivity index (χ3v) is 43.8. The van der Waals surface area contributed by atoms with Crippen molar-refractivity contribution in [1.82, 2.24) is 2.17 Å². The van der Waals surface area contributed by atoms with E-state index in [0.717, 1.165) is 15.5 Å². The molecule has 0 saturated heterocycles. The number of allylic oxidation sites excluding steroid dienone is 4. The maximum absolute atomic E-state index is 3.33. The quantitative estimate of drug-likeness (QED) is 0.396. The summed E-state index contributed by atoms with van der Waals surface area (Å²) < 4.78 is 4.42. The van der Waals surface area contributed by atoms with Crippen LogP contribution in [-0.4, -0.2) is 24.1 Å². The fourth-order valence-electron chi connectivity index (χ4n) is 4.76. The third kappa shape index (κ3) is 5.77. The minimum atomic E-state index is -1.56. The van der Waals surface area contributed by atoms with Crippen molar-refractivity contribution >= 4 is 46.7 Å². The van der Waals surface area contributed by atoms with E-state index in [-0.39, 0.29) is 30.2 Å². The molecule has 0 spiro atoms. The van der Waals surface area contributed by atoms with Gasteiger partial charge in [0.2, 0.25) is 0 Å². The maximum Gasteiger partial charge on any atom is -0.147 e. The second-order valence-corrected chi connectivity index (χ2v) is 38.7. The van der Waals surface area contributed by atoms with Gasteiger partial charge >= 0.3 is 150 Å². The molecular weight excluding hydrogens is 465 g/mol. The second kappa shape index (κ2) is 9.66. The molecule has 0 bridgehead atoms. The van der Waals surface area contributed by atoms with Gasteiger partial charge in [-0.25, -0.2) is 0 Å². The molecule has 3 unspecified atom stereocenters. The van der Waals surface area contributed by atoms with Gasteiger partial charge < -0.3 is 0 Å². The Labute approximate surface area is 173 Å². The van der Waals surface area contributed by atoms with Crippen LogP contribution in [0.2, 0.25) is 56.0 Å². The van der Waals surface area contributed by atoms with Gasteiger partial charge in [0.15, 0.2) is 0 Å². The van der Waals surface area contributed by atoms with Crippen molar-refractivity contribution in [3.05, 3.63) is 24.3 Å².